The predicted molar refractivity (Wildman–Crippen MR) is 35.2 cm³/mol. The van der Waals surface area contributed by atoms with E-state index >= 15 is 0 Å². The SMILES string of the molecule is C=COC(=S)OC=C. The monoisotopic (exact) mass is 130 g/mol. The van der Waals surface area contributed by atoms with Crippen LogP contribution in [0.15, 0.2) is 25.7 Å². The topological polar surface area (TPSA) is 18.5 Å². The first kappa shape index (κ1) is 7.17. The van der Waals surface area contributed by atoms with E-state index in [1.54, 1.807) is 0 Å². The Balaban J connectivity index is 3.32. The van der Waals surface area contributed by atoms with Gasteiger partial charge < -0.3 is 9.47 Å². The molecule has 0 aromatic carbocycles. The molecule has 0 aromatic heterocycles. The number of rotatable bonds is 2. The summed E-state index contributed by atoms with van der Waals surface area (Å²) in [7, 11) is 0. The molecule has 0 radical (unpaired) electrons. The first-order valence-electron chi connectivity index (χ1n) is 1.90. The van der Waals surface area contributed by atoms with Crippen molar-refractivity contribution >= 4 is 17.5 Å². The van der Waals surface area contributed by atoms with Gasteiger partial charge in [0.2, 0.25) is 0 Å². The second kappa shape index (κ2) is 4.33. The smallest absolute Gasteiger partial charge is 0.362 e. The molecule has 0 saturated carbocycles. The van der Waals surface area contributed by atoms with E-state index in [4.69, 9.17) is 0 Å². The number of hydrogen-bond acceptors (Lipinski definition) is 3. The molecule has 0 amide bonds. The molecule has 0 aliphatic rings. The van der Waals surface area contributed by atoms with E-state index < -0.39 is 0 Å². The first-order valence-corrected chi connectivity index (χ1v) is 2.31. The van der Waals surface area contributed by atoms with Gasteiger partial charge in [0.15, 0.2) is 0 Å². The highest BCUT2D eigenvalue weighted by Crippen LogP contribution is 1.84. The Morgan fingerprint density at radius 3 is 1.88 bits per heavy atom. The van der Waals surface area contributed by atoms with E-state index in [2.05, 4.69) is 34.8 Å². The van der Waals surface area contributed by atoms with Crippen LogP contribution >= 0.6 is 12.2 Å². The molecular weight excluding hydrogens is 124 g/mol. The number of thiocarbonyl (C=S) groups is 1. The lowest BCUT2D eigenvalue weighted by Gasteiger charge is -1.96. The maximum Gasteiger partial charge on any atom is 0.362 e. The molecule has 2 nitrogen and oxygen atoms in total. The molecular formula is C5H6O2S. The standard InChI is InChI=1S/C5H6O2S/c1-3-6-5(8)7-4-2/h3-4H,1-2H2. The average molecular weight is 130 g/mol. The van der Waals surface area contributed by atoms with Crippen molar-refractivity contribution in [2.24, 2.45) is 0 Å². The fourth-order valence-corrected chi connectivity index (χ4v) is 0.300. The minimum absolute atomic E-state index is 0.00926. The van der Waals surface area contributed by atoms with Crippen LogP contribution in [0.25, 0.3) is 0 Å². The third-order valence-electron chi connectivity index (χ3n) is 0.359. The summed E-state index contributed by atoms with van der Waals surface area (Å²) in [6.07, 6.45) is 2.37. The molecule has 8 heavy (non-hydrogen) atoms. The zero-order valence-corrected chi connectivity index (χ0v) is 5.11. The van der Waals surface area contributed by atoms with Gasteiger partial charge in [-0.25, -0.2) is 0 Å². The second-order valence-electron chi connectivity index (χ2n) is 0.819. The molecule has 0 rings (SSSR count). The zero-order valence-electron chi connectivity index (χ0n) is 4.29. The van der Waals surface area contributed by atoms with Crippen LogP contribution in [0.3, 0.4) is 0 Å². The van der Waals surface area contributed by atoms with Crippen LogP contribution in [0.4, 0.5) is 0 Å². The normalized spacial score (nSPS) is 7.00. The summed E-state index contributed by atoms with van der Waals surface area (Å²) >= 11 is 4.47. The van der Waals surface area contributed by atoms with Crippen molar-refractivity contribution in [3.05, 3.63) is 25.7 Å². The summed E-state index contributed by atoms with van der Waals surface area (Å²) in [5.74, 6) is 0. The van der Waals surface area contributed by atoms with Crippen molar-refractivity contribution in [1.82, 2.24) is 0 Å². The summed E-state index contributed by atoms with van der Waals surface area (Å²) in [5.41, 5.74) is 0. The number of ether oxygens (including phenoxy) is 2. The van der Waals surface area contributed by atoms with Gasteiger partial charge in [-0.15, -0.1) is 0 Å². The molecule has 0 fully saturated rings. The molecule has 0 aliphatic heterocycles. The van der Waals surface area contributed by atoms with Crippen molar-refractivity contribution in [3.8, 4) is 0 Å². The van der Waals surface area contributed by atoms with Gasteiger partial charge in [-0.05, 0) is 0 Å². The summed E-state index contributed by atoms with van der Waals surface area (Å²) in [4.78, 5) is 0. The van der Waals surface area contributed by atoms with Crippen molar-refractivity contribution in [3.63, 3.8) is 0 Å². The summed E-state index contributed by atoms with van der Waals surface area (Å²) in [5, 5.41) is 0.00926. The summed E-state index contributed by atoms with van der Waals surface area (Å²) < 4.78 is 8.97. The molecule has 0 heterocycles. The third kappa shape index (κ3) is 3.36. The highest BCUT2D eigenvalue weighted by Gasteiger charge is 1.86. The lowest BCUT2D eigenvalue weighted by atomic mass is 11.1. The molecule has 44 valence electrons. The van der Waals surface area contributed by atoms with Crippen molar-refractivity contribution in [2.75, 3.05) is 0 Å². The highest BCUT2D eigenvalue weighted by atomic mass is 32.1. The Labute approximate surface area is 53.4 Å². The van der Waals surface area contributed by atoms with Crippen LogP contribution in [-0.4, -0.2) is 5.24 Å². The lowest BCUT2D eigenvalue weighted by Crippen LogP contribution is -1.95. The number of hydrogen-bond donors (Lipinski definition) is 0. The van der Waals surface area contributed by atoms with Gasteiger partial charge in [-0.1, -0.05) is 13.2 Å². The van der Waals surface area contributed by atoms with Gasteiger partial charge in [-0.3, -0.25) is 0 Å². The van der Waals surface area contributed by atoms with Gasteiger partial charge in [0.05, 0.1) is 12.5 Å². The molecule has 0 saturated heterocycles. The van der Waals surface area contributed by atoms with Crippen molar-refractivity contribution in [1.29, 1.82) is 0 Å². The fourth-order valence-electron chi connectivity index (χ4n) is 0.164. The van der Waals surface area contributed by atoms with Gasteiger partial charge in [0, 0.05) is 12.2 Å². The maximum absolute atomic E-state index is 4.48. The van der Waals surface area contributed by atoms with E-state index in [1.807, 2.05) is 0 Å². The molecule has 0 N–H and O–H groups in total. The quantitative estimate of drug-likeness (QED) is 0.417. The zero-order chi connectivity index (χ0) is 6.41. The van der Waals surface area contributed by atoms with Crippen LogP contribution in [0.5, 0.6) is 0 Å². The Morgan fingerprint density at radius 1 is 1.25 bits per heavy atom. The fraction of sp³-hybridized carbons (Fsp3) is 0. The van der Waals surface area contributed by atoms with Crippen LogP contribution in [0.1, 0.15) is 0 Å². The molecule has 0 spiro atoms. The average Bonchev–Trinajstić information content (AvgIpc) is 1.68. The van der Waals surface area contributed by atoms with Gasteiger partial charge in [0.1, 0.15) is 0 Å². The molecule has 0 atom stereocenters. The molecule has 0 unspecified atom stereocenters. The molecule has 0 bridgehead atoms. The second-order valence-corrected chi connectivity index (χ2v) is 1.15. The Hall–Kier alpha value is -0.830. The van der Waals surface area contributed by atoms with Crippen LogP contribution in [0.2, 0.25) is 0 Å². The Bertz CT molecular complexity index is 97.0. The van der Waals surface area contributed by atoms with Crippen molar-refractivity contribution < 1.29 is 9.47 Å². The van der Waals surface area contributed by atoms with Gasteiger partial charge in [-0.2, -0.15) is 0 Å². The Morgan fingerprint density at radius 2 is 1.62 bits per heavy atom. The van der Waals surface area contributed by atoms with E-state index in [0.717, 1.165) is 0 Å². The van der Waals surface area contributed by atoms with Crippen LogP contribution in [-0.2, 0) is 9.47 Å². The van der Waals surface area contributed by atoms with Gasteiger partial charge in [0.25, 0.3) is 0 Å². The molecule has 0 aliphatic carbocycles. The molecule has 0 aromatic rings. The van der Waals surface area contributed by atoms with Crippen LogP contribution in [0, 0.1) is 0 Å². The van der Waals surface area contributed by atoms with E-state index in [0.29, 0.717) is 0 Å². The maximum atomic E-state index is 4.48. The predicted octanol–water partition coefficient (Wildman–Crippen LogP) is 1.59. The molecule has 3 heteroatoms. The van der Waals surface area contributed by atoms with E-state index in [1.165, 1.54) is 12.5 Å². The summed E-state index contributed by atoms with van der Waals surface area (Å²) in [6.45, 7) is 6.52. The van der Waals surface area contributed by atoms with E-state index in [-0.39, 0.29) is 5.24 Å². The first-order chi connectivity index (χ1) is 3.81. The van der Waals surface area contributed by atoms with Crippen LogP contribution < -0.4 is 0 Å². The van der Waals surface area contributed by atoms with Gasteiger partial charge >= 0.3 is 5.24 Å². The third-order valence-corrected chi connectivity index (χ3v) is 0.552. The lowest BCUT2D eigenvalue weighted by molar-refractivity contribution is 0.323. The van der Waals surface area contributed by atoms with Crippen molar-refractivity contribution in [2.45, 2.75) is 0 Å². The van der Waals surface area contributed by atoms with E-state index in [9.17, 15) is 0 Å². The highest BCUT2D eigenvalue weighted by molar-refractivity contribution is 7.79. The Kier molecular flexibility index (Phi) is 3.88. The summed E-state index contributed by atoms with van der Waals surface area (Å²) in [6, 6.07) is 0. The largest absolute Gasteiger partial charge is 0.426 e. The minimum atomic E-state index is 0.00926. The minimum Gasteiger partial charge on any atom is -0.426 e.